The molecule has 0 unspecified atom stereocenters. The van der Waals surface area contributed by atoms with Crippen LogP contribution in [0.15, 0.2) is 53.4 Å². The maximum atomic E-state index is 11.6. The molecule has 0 saturated heterocycles. The molecule has 0 radical (unpaired) electrons. The SMILES string of the molecule is CNC(=O)Cn1cc(-c2nc([C@](C)(c3ccc(-c4cnc5c(c4)OCCN5)cc3)C3CC3)no2)cn1. The number of amides is 1. The minimum atomic E-state index is -0.375. The highest BCUT2D eigenvalue weighted by atomic mass is 16.5. The minimum absolute atomic E-state index is 0.129. The first-order valence-electron chi connectivity index (χ1n) is 12.1. The normalized spacial score (nSPS) is 16.4. The van der Waals surface area contributed by atoms with Crippen molar-refractivity contribution in [2.75, 3.05) is 25.5 Å². The molecule has 10 heteroatoms. The Morgan fingerprint density at radius 1 is 1.19 bits per heavy atom. The van der Waals surface area contributed by atoms with Gasteiger partial charge in [-0.1, -0.05) is 29.4 Å². The lowest BCUT2D eigenvalue weighted by molar-refractivity contribution is -0.121. The molecule has 4 aromatic rings. The predicted octanol–water partition coefficient (Wildman–Crippen LogP) is 3.26. The molecule has 10 nitrogen and oxygen atoms in total. The Balaban J connectivity index is 1.27. The second-order valence-electron chi connectivity index (χ2n) is 9.42. The Kier molecular flexibility index (Phi) is 5.43. The number of benzene rings is 1. The number of nitrogens with zero attached hydrogens (tertiary/aromatic N) is 5. The van der Waals surface area contributed by atoms with Crippen LogP contribution < -0.4 is 15.4 Å². The summed E-state index contributed by atoms with van der Waals surface area (Å²) in [5.74, 6) is 2.93. The van der Waals surface area contributed by atoms with Crippen LogP contribution in [0.3, 0.4) is 0 Å². The Bertz CT molecular complexity index is 1410. The number of likely N-dealkylation sites (N-methyl/N-ethyl adjacent to an activating group) is 1. The van der Waals surface area contributed by atoms with E-state index in [1.165, 1.54) is 0 Å². The van der Waals surface area contributed by atoms with Gasteiger partial charge in [-0.25, -0.2) is 4.98 Å². The highest BCUT2D eigenvalue weighted by Gasteiger charge is 2.47. The van der Waals surface area contributed by atoms with Crippen LogP contribution in [0.2, 0.25) is 0 Å². The van der Waals surface area contributed by atoms with E-state index < -0.39 is 0 Å². The molecule has 1 aliphatic carbocycles. The van der Waals surface area contributed by atoms with Crippen LogP contribution in [-0.4, -0.2) is 51.0 Å². The third-order valence-corrected chi connectivity index (χ3v) is 7.07. The van der Waals surface area contributed by atoms with Crippen LogP contribution >= 0.6 is 0 Å². The van der Waals surface area contributed by atoms with Gasteiger partial charge in [0.05, 0.1) is 23.7 Å². The highest BCUT2D eigenvalue weighted by molar-refractivity contribution is 5.75. The lowest BCUT2D eigenvalue weighted by Crippen LogP contribution is -2.28. The maximum Gasteiger partial charge on any atom is 0.261 e. The van der Waals surface area contributed by atoms with Crippen molar-refractivity contribution in [2.24, 2.45) is 5.92 Å². The van der Waals surface area contributed by atoms with Crippen molar-refractivity contribution >= 4 is 11.7 Å². The van der Waals surface area contributed by atoms with Gasteiger partial charge in [-0.05, 0) is 42.9 Å². The third kappa shape index (κ3) is 3.98. The quantitative estimate of drug-likeness (QED) is 0.409. The van der Waals surface area contributed by atoms with E-state index in [0.29, 0.717) is 29.8 Å². The third-order valence-electron chi connectivity index (χ3n) is 7.07. The molecule has 1 amide bonds. The van der Waals surface area contributed by atoms with Gasteiger partial charge in [0.2, 0.25) is 5.91 Å². The topological polar surface area (TPSA) is 120 Å². The molecular formula is C26H27N7O3. The van der Waals surface area contributed by atoms with E-state index in [1.807, 2.05) is 12.3 Å². The molecule has 1 aliphatic heterocycles. The minimum Gasteiger partial charge on any atom is -0.488 e. The summed E-state index contributed by atoms with van der Waals surface area (Å²) in [6.07, 6.45) is 7.47. The Hall–Kier alpha value is -4.21. The number of fused-ring (bicyclic) bond motifs is 1. The van der Waals surface area contributed by atoms with Crippen molar-refractivity contribution in [3.63, 3.8) is 0 Å². The van der Waals surface area contributed by atoms with Crippen LogP contribution in [-0.2, 0) is 16.8 Å². The number of carbonyl (C=O) groups is 1. The number of aromatic nitrogens is 5. The second kappa shape index (κ2) is 8.78. The summed E-state index contributed by atoms with van der Waals surface area (Å²) >= 11 is 0. The molecule has 184 valence electrons. The average Bonchev–Trinajstić information content (AvgIpc) is 3.48. The average molecular weight is 486 g/mol. The molecular weight excluding hydrogens is 458 g/mol. The fourth-order valence-electron chi connectivity index (χ4n) is 4.73. The molecule has 2 N–H and O–H groups in total. The van der Waals surface area contributed by atoms with Gasteiger partial charge in [-0.3, -0.25) is 9.48 Å². The standard InChI is InChI=1S/C26H27N7O3/c1-26(20-7-8-20,25-31-24(36-32-25)18-13-30-33(14-18)15-22(34)27-2)19-5-3-16(4-6-19)17-11-21-23(29-12-17)28-9-10-35-21/h3-6,11-14,20H,7-10,15H2,1-2H3,(H,27,34)(H,28,29)/t26-/m1/s1. The van der Waals surface area contributed by atoms with Crippen molar-refractivity contribution in [3.8, 4) is 28.3 Å². The number of hydrogen-bond acceptors (Lipinski definition) is 8. The number of rotatable bonds is 7. The van der Waals surface area contributed by atoms with Crippen LogP contribution in [0.25, 0.3) is 22.6 Å². The summed E-state index contributed by atoms with van der Waals surface area (Å²) in [6.45, 7) is 3.72. The van der Waals surface area contributed by atoms with E-state index in [4.69, 9.17) is 14.2 Å². The first-order chi connectivity index (χ1) is 17.5. The number of hydrogen-bond donors (Lipinski definition) is 2. The van der Waals surface area contributed by atoms with Crippen molar-refractivity contribution in [1.29, 1.82) is 0 Å². The Morgan fingerprint density at radius 2 is 2.03 bits per heavy atom. The first kappa shape index (κ1) is 22.3. The second-order valence-corrected chi connectivity index (χ2v) is 9.42. The largest absolute Gasteiger partial charge is 0.488 e. The van der Waals surface area contributed by atoms with Crippen molar-refractivity contribution < 1.29 is 14.1 Å². The summed E-state index contributed by atoms with van der Waals surface area (Å²) in [6, 6.07) is 10.5. The number of nitrogens with one attached hydrogen (secondary N) is 2. The van der Waals surface area contributed by atoms with Crippen molar-refractivity contribution in [2.45, 2.75) is 31.7 Å². The molecule has 1 saturated carbocycles. The fourth-order valence-corrected chi connectivity index (χ4v) is 4.73. The van der Waals surface area contributed by atoms with Gasteiger partial charge >= 0.3 is 0 Å². The van der Waals surface area contributed by atoms with E-state index in [1.54, 1.807) is 24.1 Å². The van der Waals surface area contributed by atoms with Crippen molar-refractivity contribution in [1.82, 2.24) is 30.2 Å². The van der Waals surface area contributed by atoms with Gasteiger partial charge < -0.3 is 19.9 Å². The number of ether oxygens (including phenoxy) is 1. The Labute approximate surface area is 208 Å². The summed E-state index contributed by atoms with van der Waals surface area (Å²) < 4.78 is 12.9. The molecule has 1 fully saturated rings. The van der Waals surface area contributed by atoms with Crippen LogP contribution in [0.1, 0.15) is 31.2 Å². The summed E-state index contributed by atoms with van der Waals surface area (Å²) in [7, 11) is 1.60. The predicted molar refractivity (Wildman–Crippen MR) is 132 cm³/mol. The van der Waals surface area contributed by atoms with Gasteiger partial charge in [0.1, 0.15) is 13.2 Å². The van der Waals surface area contributed by atoms with Crippen LogP contribution in [0.5, 0.6) is 5.75 Å². The summed E-state index contributed by atoms with van der Waals surface area (Å²) in [5, 5.41) is 14.5. The number of carbonyl (C=O) groups excluding carboxylic acids is 1. The van der Waals surface area contributed by atoms with Gasteiger partial charge in [0.25, 0.3) is 5.89 Å². The van der Waals surface area contributed by atoms with Crippen LogP contribution in [0.4, 0.5) is 5.82 Å². The highest BCUT2D eigenvalue weighted by Crippen LogP contribution is 2.50. The monoisotopic (exact) mass is 485 g/mol. The maximum absolute atomic E-state index is 11.6. The molecule has 0 bridgehead atoms. The zero-order chi connectivity index (χ0) is 24.7. The molecule has 6 rings (SSSR count). The van der Waals surface area contributed by atoms with E-state index in [2.05, 4.69) is 57.1 Å². The van der Waals surface area contributed by atoms with Gasteiger partial charge in [-0.15, -0.1) is 0 Å². The number of pyridine rings is 1. The molecule has 1 atom stereocenters. The Morgan fingerprint density at radius 3 is 2.81 bits per heavy atom. The summed E-state index contributed by atoms with van der Waals surface area (Å²) in [5.41, 5.74) is 3.52. The van der Waals surface area contributed by atoms with Crippen molar-refractivity contribution in [3.05, 3.63) is 60.3 Å². The van der Waals surface area contributed by atoms with E-state index in [-0.39, 0.29) is 17.9 Å². The molecule has 36 heavy (non-hydrogen) atoms. The van der Waals surface area contributed by atoms with Gasteiger partial charge in [-0.2, -0.15) is 10.1 Å². The van der Waals surface area contributed by atoms with Crippen LogP contribution in [0, 0.1) is 5.92 Å². The zero-order valence-corrected chi connectivity index (χ0v) is 20.2. The molecule has 2 aliphatic rings. The van der Waals surface area contributed by atoms with E-state index >= 15 is 0 Å². The lowest BCUT2D eigenvalue weighted by Gasteiger charge is -2.27. The van der Waals surface area contributed by atoms with Gasteiger partial charge in [0, 0.05) is 25.0 Å². The molecule has 3 aromatic heterocycles. The molecule has 4 heterocycles. The smallest absolute Gasteiger partial charge is 0.261 e. The van der Waals surface area contributed by atoms with E-state index in [9.17, 15) is 4.79 Å². The first-order valence-corrected chi connectivity index (χ1v) is 12.1. The van der Waals surface area contributed by atoms with Gasteiger partial charge in [0.15, 0.2) is 17.4 Å². The molecule has 0 spiro atoms. The van der Waals surface area contributed by atoms with E-state index in [0.717, 1.165) is 47.6 Å². The number of anilines is 1. The lowest BCUT2D eigenvalue weighted by atomic mass is 9.76. The summed E-state index contributed by atoms with van der Waals surface area (Å²) in [4.78, 5) is 20.9. The fraction of sp³-hybridized carbons (Fsp3) is 0.346. The zero-order valence-electron chi connectivity index (χ0n) is 20.2. The molecule has 1 aromatic carbocycles.